The molecule has 1 spiro atoms. The lowest BCUT2D eigenvalue weighted by atomic mass is 9.83. The molecule has 2 heterocycles. The number of alkyl halides is 3. The molecule has 2 amide bonds. The molecular weight excluding hydrogens is 400 g/mol. The Bertz CT molecular complexity index is 819. The van der Waals surface area contributed by atoms with Crippen LogP contribution in [0.15, 0.2) is 18.2 Å². The van der Waals surface area contributed by atoms with E-state index in [1.54, 1.807) is 0 Å². The SMILES string of the molecule is O=C1NC2(CO1)CN(C(=O)O[C@H]1C[C@@H](COc3ccc(C(F)(F)F)cc3F)C1)C2. The summed E-state index contributed by atoms with van der Waals surface area (Å²) >= 11 is 0. The fourth-order valence-electron chi connectivity index (χ4n) is 3.60. The quantitative estimate of drug-likeness (QED) is 0.761. The van der Waals surface area contributed by atoms with Gasteiger partial charge in [-0.1, -0.05) is 0 Å². The van der Waals surface area contributed by atoms with Gasteiger partial charge in [0.25, 0.3) is 0 Å². The molecule has 1 aromatic carbocycles. The maximum Gasteiger partial charge on any atom is 0.416 e. The van der Waals surface area contributed by atoms with Crippen molar-refractivity contribution in [1.82, 2.24) is 10.2 Å². The van der Waals surface area contributed by atoms with E-state index < -0.39 is 35.3 Å². The standard InChI is InChI=1S/C18H18F4N2O5/c19-13-5-11(18(20,21)22)1-2-14(13)27-6-10-3-12(4-10)29-16(26)24-7-17(8-24)9-28-15(25)23-17/h1-2,5,10,12H,3-4,6-9H2,(H,23,25)/t10-,12+. The first-order valence-corrected chi connectivity index (χ1v) is 9.04. The third-order valence-corrected chi connectivity index (χ3v) is 5.29. The second-order valence-electron chi connectivity index (χ2n) is 7.63. The molecule has 2 saturated heterocycles. The number of benzene rings is 1. The van der Waals surface area contributed by atoms with Crippen LogP contribution in [0.5, 0.6) is 5.75 Å². The largest absolute Gasteiger partial charge is 0.490 e. The normalized spacial score (nSPS) is 25.0. The van der Waals surface area contributed by atoms with E-state index in [1.807, 2.05) is 0 Å². The topological polar surface area (TPSA) is 77.1 Å². The van der Waals surface area contributed by atoms with Crippen molar-refractivity contribution in [1.29, 1.82) is 0 Å². The number of cyclic esters (lactones) is 1. The van der Waals surface area contributed by atoms with Crippen LogP contribution >= 0.6 is 0 Å². The van der Waals surface area contributed by atoms with E-state index in [9.17, 15) is 27.2 Å². The molecule has 1 N–H and O–H groups in total. The second kappa shape index (κ2) is 6.96. The lowest BCUT2D eigenvalue weighted by Gasteiger charge is -2.46. The number of hydrogen-bond donors (Lipinski definition) is 1. The van der Waals surface area contributed by atoms with Crippen LogP contribution in [-0.4, -0.2) is 55.0 Å². The summed E-state index contributed by atoms with van der Waals surface area (Å²) in [6.45, 7) is 0.986. The Morgan fingerprint density at radius 3 is 2.62 bits per heavy atom. The number of ether oxygens (including phenoxy) is 3. The zero-order valence-corrected chi connectivity index (χ0v) is 15.1. The van der Waals surface area contributed by atoms with Crippen molar-refractivity contribution in [3.63, 3.8) is 0 Å². The van der Waals surface area contributed by atoms with E-state index in [-0.39, 0.29) is 31.0 Å². The number of halogens is 4. The van der Waals surface area contributed by atoms with Crippen molar-refractivity contribution in [3.05, 3.63) is 29.6 Å². The Labute approximate surface area is 162 Å². The van der Waals surface area contributed by atoms with Gasteiger partial charge in [0.2, 0.25) is 0 Å². The number of hydrogen-bond acceptors (Lipinski definition) is 5. The van der Waals surface area contributed by atoms with Crippen LogP contribution in [0.4, 0.5) is 27.2 Å². The molecule has 1 aliphatic carbocycles. The highest BCUT2D eigenvalue weighted by Gasteiger charge is 2.52. The molecule has 0 radical (unpaired) electrons. The highest BCUT2D eigenvalue weighted by molar-refractivity contribution is 5.74. The molecule has 1 aromatic rings. The Kier molecular flexibility index (Phi) is 4.70. The van der Waals surface area contributed by atoms with Gasteiger partial charge in [0.1, 0.15) is 18.2 Å². The summed E-state index contributed by atoms with van der Waals surface area (Å²) < 4.78 is 66.8. The number of likely N-dealkylation sites (tertiary alicyclic amines) is 1. The van der Waals surface area contributed by atoms with Crippen LogP contribution < -0.4 is 10.1 Å². The third-order valence-electron chi connectivity index (χ3n) is 5.29. The van der Waals surface area contributed by atoms with E-state index >= 15 is 0 Å². The summed E-state index contributed by atoms with van der Waals surface area (Å²) in [5.41, 5.74) is -1.59. The average molecular weight is 418 g/mol. The Morgan fingerprint density at radius 1 is 1.31 bits per heavy atom. The number of alkyl carbamates (subject to hydrolysis) is 1. The summed E-state index contributed by atoms with van der Waals surface area (Å²) in [6.07, 6.45) is -4.84. The average Bonchev–Trinajstić information content (AvgIpc) is 2.97. The van der Waals surface area contributed by atoms with Crippen LogP contribution in [-0.2, 0) is 15.7 Å². The number of carbonyl (C=O) groups is 2. The van der Waals surface area contributed by atoms with Crippen LogP contribution in [0.2, 0.25) is 0 Å². The van der Waals surface area contributed by atoms with Crippen molar-refractivity contribution >= 4 is 12.2 Å². The maximum atomic E-state index is 13.8. The van der Waals surface area contributed by atoms with Crippen LogP contribution in [0.25, 0.3) is 0 Å². The molecule has 0 aromatic heterocycles. The fourth-order valence-corrected chi connectivity index (χ4v) is 3.60. The van der Waals surface area contributed by atoms with Crippen molar-refractivity contribution in [2.75, 3.05) is 26.3 Å². The molecule has 3 aliphatic rings. The zero-order valence-electron chi connectivity index (χ0n) is 15.1. The molecular formula is C18H18F4N2O5. The molecule has 7 nitrogen and oxygen atoms in total. The zero-order chi connectivity index (χ0) is 20.8. The maximum absolute atomic E-state index is 13.8. The minimum absolute atomic E-state index is 0.0137. The van der Waals surface area contributed by atoms with Gasteiger partial charge in [0.05, 0.1) is 25.3 Å². The van der Waals surface area contributed by atoms with Gasteiger partial charge in [-0.2, -0.15) is 13.2 Å². The summed E-state index contributed by atoms with van der Waals surface area (Å²) in [7, 11) is 0. The Balaban J connectivity index is 1.17. The molecule has 0 atom stereocenters. The highest BCUT2D eigenvalue weighted by atomic mass is 19.4. The predicted molar refractivity (Wildman–Crippen MR) is 88.7 cm³/mol. The van der Waals surface area contributed by atoms with Crippen LogP contribution in [0, 0.1) is 11.7 Å². The van der Waals surface area contributed by atoms with E-state index in [0.29, 0.717) is 32.0 Å². The van der Waals surface area contributed by atoms with Gasteiger partial charge in [-0.25, -0.2) is 14.0 Å². The predicted octanol–water partition coefficient (Wildman–Crippen LogP) is 2.93. The summed E-state index contributed by atoms with van der Waals surface area (Å²) in [5, 5.41) is 2.67. The van der Waals surface area contributed by atoms with Gasteiger partial charge in [0.15, 0.2) is 11.6 Å². The van der Waals surface area contributed by atoms with Crippen molar-refractivity contribution in [3.8, 4) is 5.75 Å². The first kappa shape index (κ1) is 19.6. The van der Waals surface area contributed by atoms with Gasteiger partial charge in [-0.05, 0) is 37.0 Å². The lowest BCUT2D eigenvalue weighted by Crippen LogP contribution is -2.70. The molecule has 2 aliphatic heterocycles. The summed E-state index contributed by atoms with van der Waals surface area (Å²) in [6, 6.07) is 2.12. The second-order valence-corrected chi connectivity index (χ2v) is 7.63. The van der Waals surface area contributed by atoms with Crippen molar-refractivity contribution in [2.24, 2.45) is 5.92 Å². The number of carbonyl (C=O) groups excluding carboxylic acids is 2. The highest BCUT2D eigenvalue weighted by Crippen LogP contribution is 2.35. The molecule has 158 valence electrons. The van der Waals surface area contributed by atoms with Gasteiger partial charge in [-0.3, -0.25) is 0 Å². The van der Waals surface area contributed by atoms with Gasteiger partial charge >= 0.3 is 18.4 Å². The molecule has 3 fully saturated rings. The Morgan fingerprint density at radius 2 is 2.03 bits per heavy atom. The van der Waals surface area contributed by atoms with Crippen molar-refractivity contribution in [2.45, 2.75) is 30.7 Å². The third kappa shape index (κ3) is 4.03. The number of nitrogens with zero attached hydrogens (tertiary/aromatic N) is 1. The smallest absolute Gasteiger partial charge is 0.416 e. The monoisotopic (exact) mass is 418 g/mol. The van der Waals surface area contributed by atoms with E-state index in [0.717, 1.165) is 12.1 Å². The number of amides is 2. The lowest BCUT2D eigenvalue weighted by molar-refractivity contribution is -0.137. The van der Waals surface area contributed by atoms with E-state index in [4.69, 9.17) is 14.2 Å². The summed E-state index contributed by atoms with van der Waals surface area (Å²) in [4.78, 5) is 24.6. The van der Waals surface area contributed by atoms with E-state index in [1.165, 1.54) is 4.90 Å². The molecule has 0 bridgehead atoms. The van der Waals surface area contributed by atoms with E-state index in [2.05, 4.69) is 5.32 Å². The van der Waals surface area contributed by atoms with Gasteiger partial charge < -0.3 is 24.4 Å². The number of nitrogens with one attached hydrogen (secondary N) is 1. The molecule has 29 heavy (non-hydrogen) atoms. The number of rotatable bonds is 4. The Hall–Kier alpha value is -2.72. The van der Waals surface area contributed by atoms with Gasteiger partial charge in [0, 0.05) is 0 Å². The summed E-state index contributed by atoms with van der Waals surface area (Å²) in [5.74, 6) is -1.30. The first-order valence-electron chi connectivity index (χ1n) is 9.04. The van der Waals surface area contributed by atoms with Crippen molar-refractivity contribution < 1.29 is 41.4 Å². The molecule has 4 rings (SSSR count). The molecule has 11 heteroatoms. The minimum atomic E-state index is -4.61. The molecule has 1 saturated carbocycles. The fraction of sp³-hybridized carbons (Fsp3) is 0.556. The first-order chi connectivity index (χ1) is 13.6. The van der Waals surface area contributed by atoms with Crippen LogP contribution in [0.3, 0.4) is 0 Å². The van der Waals surface area contributed by atoms with Gasteiger partial charge in [-0.15, -0.1) is 0 Å². The minimum Gasteiger partial charge on any atom is -0.490 e. The van der Waals surface area contributed by atoms with Crippen LogP contribution in [0.1, 0.15) is 18.4 Å². The molecule has 0 unspecified atom stereocenters.